The summed E-state index contributed by atoms with van der Waals surface area (Å²) >= 11 is 5.40. The molecule has 2 aromatic carbocycles. The van der Waals surface area contributed by atoms with E-state index >= 15 is 0 Å². The fraction of sp³-hybridized carbons (Fsp3) is 0.364. The van der Waals surface area contributed by atoms with E-state index in [0.717, 1.165) is 16.8 Å². The number of hydrogen-bond donors (Lipinski definition) is 2. The zero-order valence-corrected chi connectivity index (χ0v) is 18.3. The van der Waals surface area contributed by atoms with Gasteiger partial charge in [0.05, 0.1) is 25.4 Å². The number of aryl methyl sites for hydroxylation is 1. The maximum atomic E-state index is 11.9. The van der Waals surface area contributed by atoms with Gasteiger partial charge < -0.3 is 24.8 Å². The predicted octanol–water partition coefficient (Wildman–Crippen LogP) is 4.45. The second kappa shape index (κ2) is 10.7. The number of carbonyl (C=O) groups is 1. The van der Waals surface area contributed by atoms with Gasteiger partial charge in [0.15, 0.2) is 16.6 Å². The number of ether oxygens (including phenoxy) is 3. The lowest BCUT2D eigenvalue weighted by atomic mass is 10.1. The number of benzene rings is 2. The summed E-state index contributed by atoms with van der Waals surface area (Å²) in [5.74, 6) is 1.03. The van der Waals surface area contributed by atoms with E-state index in [9.17, 15) is 4.79 Å². The zero-order chi connectivity index (χ0) is 21.4. The number of thiocarbonyl (C=S) groups is 1. The Morgan fingerprint density at radius 2 is 1.90 bits per heavy atom. The Hall–Kier alpha value is -2.80. The molecule has 0 aliphatic heterocycles. The van der Waals surface area contributed by atoms with Crippen LogP contribution in [-0.2, 0) is 11.3 Å². The van der Waals surface area contributed by atoms with Crippen molar-refractivity contribution in [3.63, 3.8) is 0 Å². The molecule has 2 N–H and O–H groups in total. The SMILES string of the molecule is CCOC(=O)c1ccc(C)c(NC(=S)NCc2ccc(OC(C)C)c(OC)c2)c1. The fourth-order valence-electron chi connectivity index (χ4n) is 2.62. The van der Waals surface area contributed by atoms with Crippen LogP contribution in [-0.4, -0.2) is 30.9 Å². The molecule has 0 aliphatic rings. The molecule has 156 valence electrons. The first-order valence-corrected chi connectivity index (χ1v) is 9.91. The van der Waals surface area contributed by atoms with Crippen LogP contribution in [0.25, 0.3) is 0 Å². The van der Waals surface area contributed by atoms with Gasteiger partial charge in [-0.25, -0.2) is 4.79 Å². The van der Waals surface area contributed by atoms with Crippen molar-refractivity contribution < 1.29 is 19.0 Å². The first-order chi connectivity index (χ1) is 13.8. The average molecular weight is 417 g/mol. The van der Waals surface area contributed by atoms with E-state index in [1.807, 2.05) is 45.0 Å². The van der Waals surface area contributed by atoms with Gasteiger partial charge >= 0.3 is 5.97 Å². The third kappa shape index (κ3) is 6.64. The molecule has 29 heavy (non-hydrogen) atoms. The lowest BCUT2D eigenvalue weighted by molar-refractivity contribution is 0.0526. The second-order valence-corrected chi connectivity index (χ2v) is 7.12. The fourth-order valence-corrected chi connectivity index (χ4v) is 2.80. The summed E-state index contributed by atoms with van der Waals surface area (Å²) in [4.78, 5) is 11.9. The topological polar surface area (TPSA) is 68.8 Å². The van der Waals surface area contributed by atoms with Crippen molar-refractivity contribution in [3.8, 4) is 11.5 Å². The van der Waals surface area contributed by atoms with Crippen LogP contribution in [0.15, 0.2) is 36.4 Å². The lowest BCUT2D eigenvalue weighted by Crippen LogP contribution is -2.28. The second-order valence-electron chi connectivity index (χ2n) is 6.71. The van der Waals surface area contributed by atoms with Crippen molar-refractivity contribution in [2.24, 2.45) is 0 Å². The number of carbonyl (C=O) groups excluding carboxylic acids is 1. The van der Waals surface area contributed by atoms with Crippen molar-refractivity contribution >= 4 is 29.0 Å². The number of nitrogens with one attached hydrogen (secondary N) is 2. The molecule has 0 amide bonds. The first-order valence-electron chi connectivity index (χ1n) is 9.50. The monoisotopic (exact) mass is 416 g/mol. The van der Waals surface area contributed by atoms with Crippen LogP contribution >= 0.6 is 12.2 Å². The van der Waals surface area contributed by atoms with Crippen molar-refractivity contribution in [3.05, 3.63) is 53.1 Å². The summed E-state index contributed by atoms with van der Waals surface area (Å²) < 4.78 is 16.2. The van der Waals surface area contributed by atoms with Crippen LogP contribution < -0.4 is 20.1 Å². The van der Waals surface area contributed by atoms with Gasteiger partial charge in [0, 0.05) is 12.2 Å². The maximum absolute atomic E-state index is 11.9. The normalized spacial score (nSPS) is 10.4. The number of rotatable bonds is 8. The minimum Gasteiger partial charge on any atom is -0.493 e. The van der Waals surface area contributed by atoms with Gasteiger partial charge in [0.2, 0.25) is 0 Å². The predicted molar refractivity (Wildman–Crippen MR) is 119 cm³/mol. The van der Waals surface area contributed by atoms with Crippen LogP contribution in [0.2, 0.25) is 0 Å². The average Bonchev–Trinajstić information content (AvgIpc) is 2.68. The van der Waals surface area contributed by atoms with Crippen molar-refractivity contribution in [1.82, 2.24) is 5.32 Å². The third-order valence-corrected chi connectivity index (χ3v) is 4.29. The molecule has 0 unspecified atom stereocenters. The van der Waals surface area contributed by atoms with Crippen LogP contribution in [0, 0.1) is 6.92 Å². The smallest absolute Gasteiger partial charge is 0.338 e. The third-order valence-electron chi connectivity index (χ3n) is 4.04. The van der Waals surface area contributed by atoms with Gasteiger partial charge in [0.1, 0.15) is 0 Å². The summed E-state index contributed by atoms with van der Waals surface area (Å²) in [6.07, 6.45) is 0.0678. The molecule has 0 atom stereocenters. The Morgan fingerprint density at radius 3 is 2.55 bits per heavy atom. The largest absolute Gasteiger partial charge is 0.493 e. The highest BCUT2D eigenvalue weighted by molar-refractivity contribution is 7.80. The molecule has 0 saturated heterocycles. The van der Waals surface area contributed by atoms with Gasteiger partial charge in [-0.05, 0) is 75.3 Å². The summed E-state index contributed by atoms with van der Waals surface area (Å²) in [7, 11) is 1.62. The number of esters is 1. The molecule has 0 radical (unpaired) electrons. The molecule has 0 heterocycles. The highest BCUT2D eigenvalue weighted by Crippen LogP contribution is 2.29. The number of methoxy groups -OCH3 is 1. The lowest BCUT2D eigenvalue weighted by Gasteiger charge is -2.16. The standard InChI is InChI=1S/C22H28N2O4S/c1-6-27-21(25)17-9-7-15(4)18(12-17)24-22(29)23-13-16-8-10-19(28-14(2)3)20(11-16)26-5/h7-12,14H,6,13H2,1-5H3,(H2,23,24,29). The van der Waals surface area contributed by atoms with E-state index in [-0.39, 0.29) is 12.1 Å². The van der Waals surface area contributed by atoms with E-state index < -0.39 is 0 Å². The van der Waals surface area contributed by atoms with Gasteiger partial charge in [-0.1, -0.05) is 12.1 Å². The molecular formula is C22H28N2O4S. The molecule has 0 aliphatic carbocycles. The Kier molecular flexibility index (Phi) is 8.27. The van der Waals surface area contributed by atoms with Crippen LogP contribution in [0.5, 0.6) is 11.5 Å². The summed E-state index contributed by atoms with van der Waals surface area (Å²) in [6, 6.07) is 11.1. The molecule has 0 saturated carbocycles. The van der Waals surface area contributed by atoms with Gasteiger partial charge in [-0.15, -0.1) is 0 Å². The molecule has 0 fully saturated rings. The highest BCUT2D eigenvalue weighted by atomic mass is 32.1. The Labute approximate surface area is 177 Å². The quantitative estimate of drug-likeness (QED) is 0.486. The van der Waals surface area contributed by atoms with Crippen molar-refractivity contribution in [2.45, 2.75) is 40.3 Å². The van der Waals surface area contributed by atoms with Crippen molar-refractivity contribution in [2.75, 3.05) is 19.0 Å². The van der Waals surface area contributed by atoms with Gasteiger partial charge in [-0.2, -0.15) is 0 Å². The van der Waals surface area contributed by atoms with E-state index in [1.165, 1.54) is 0 Å². The minimum absolute atomic E-state index is 0.0678. The number of hydrogen-bond acceptors (Lipinski definition) is 5. The summed E-state index contributed by atoms with van der Waals surface area (Å²) in [6.45, 7) is 8.51. The van der Waals surface area contributed by atoms with Crippen LogP contribution in [0.4, 0.5) is 5.69 Å². The Morgan fingerprint density at radius 1 is 1.14 bits per heavy atom. The molecule has 7 heteroatoms. The Balaban J connectivity index is 2.01. The summed E-state index contributed by atoms with van der Waals surface area (Å²) in [5.41, 5.74) is 3.21. The molecule has 0 aromatic heterocycles. The molecule has 0 bridgehead atoms. The minimum atomic E-state index is -0.356. The Bertz CT molecular complexity index is 868. The molecule has 2 rings (SSSR count). The van der Waals surface area contributed by atoms with E-state index in [2.05, 4.69) is 10.6 Å². The highest BCUT2D eigenvalue weighted by Gasteiger charge is 2.11. The molecule has 2 aromatic rings. The summed E-state index contributed by atoms with van der Waals surface area (Å²) in [5, 5.41) is 6.76. The van der Waals surface area contributed by atoms with E-state index in [4.69, 9.17) is 26.4 Å². The van der Waals surface area contributed by atoms with Crippen LogP contribution in [0.1, 0.15) is 42.3 Å². The molecule has 0 spiro atoms. The van der Waals surface area contributed by atoms with Gasteiger partial charge in [-0.3, -0.25) is 0 Å². The van der Waals surface area contributed by atoms with E-state index in [1.54, 1.807) is 26.2 Å². The molecule has 6 nitrogen and oxygen atoms in total. The molecular weight excluding hydrogens is 388 g/mol. The van der Waals surface area contributed by atoms with Crippen molar-refractivity contribution in [1.29, 1.82) is 0 Å². The van der Waals surface area contributed by atoms with E-state index in [0.29, 0.717) is 35.3 Å². The van der Waals surface area contributed by atoms with Gasteiger partial charge in [0.25, 0.3) is 0 Å². The number of anilines is 1. The first kappa shape index (κ1) is 22.5. The van der Waals surface area contributed by atoms with Crippen LogP contribution in [0.3, 0.4) is 0 Å². The zero-order valence-electron chi connectivity index (χ0n) is 17.5. The maximum Gasteiger partial charge on any atom is 0.338 e.